The van der Waals surface area contributed by atoms with Gasteiger partial charge in [-0.2, -0.15) is 0 Å². The van der Waals surface area contributed by atoms with Crippen molar-refractivity contribution in [2.75, 3.05) is 46.1 Å². The van der Waals surface area contributed by atoms with E-state index in [0.29, 0.717) is 18.9 Å². The number of ether oxygens (including phenoxy) is 1. The van der Waals surface area contributed by atoms with Gasteiger partial charge in [0.05, 0.1) is 6.61 Å². The minimum Gasteiger partial charge on any atom is -0.466 e. The van der Waals surface area contributed by atoms with Crippen LogP contribution >= 0.6 is 11.8 Å². The van der Waals surface area contributed by atoms with Gasteiger partial charge in [0.15, 0.2) is 0 Å². The number of cyclic esters (lactones) is 1. The van der Waals surface area contributed by atoms with Crippen molar-refractivity contribution in [3.05, 3.63) is 0 Å². The molecule has 0 N–H and O–H groups in total. The predicted molar refractivity (Wildman–Crippen MR) is 225 cm³/mol. The normalized spacial score (nSPS) is 22.9. The van der Waals surface area contributed by atoms with Crippen molar-refractivity contribution >= 4 is 23.0 Å². The van der Waals surface area contributed by atoms with Gasteiger partial charge in [0.2, 0.25) is 0 Å². The fraction of sp³-hybridized carbons (Fsp3) is 0.956. The number of amides is 1. The Balaban J connectivity index is 2.56. The Bertz CT molecular complexity index is 779. The molecule has 0 spiro atoms. The quantitative estimate of drug-likeness (QED) is 0.174. The number of thioether (sulfide) groups is 1. The average molecular weight is 737 g/mol. The second-order valence-electron chi connectivity index (χ2n) is 16.4. The predicted octanol–water partition coefficient (Wildman–Crippen LogP) is 14.0. The van der Waals surface area contributed by atoms with Crippen molar-refractivity contribution < 1.29 is 14.3 Å². The van der Waals surface area contributed by atoms with Crippen molar-refractivity contribution in [2.45, 2.75) is 219 Å². The van der Waals surface area contributed by atoms with E-state index in [1.165, 1.54) is 166 Å². The van der Waals surface area contributed by atoms with E-state index in [1.807, 2.05) is 0 Å². The van der Waals surface area contributed by atoms with Gasteiger partial charge in [-0.1, -0.05) is 199 Å². The minimum absolute atomic E-state index is 0.00553. The molecule has 1 amide bonds. The number of carbonyl (C=O) groups is 2. The molecule has 2 atom stereocenters. The van der Waals surface area contributed by atoms with Gasteiger partial charge in [0, 0.05) is 31.8 Å². The van der Waals surface area contributed by atoms with Crippen LogP contribution < -0.4 is 0 Å². The zero-order valence-corrected chi connectivity index (χ0v) is 35.7. The van der Waals surface area contributed by atoms with E-state index in [1.54, 1.807) is 0 Å². The average Bonchev–Trinajstić information content (AvgIpc) is 3.11. The van der Waals surface area contributed by atoms with Crippen LogP contribution in [0.2, 0.25) is 0 Å². The van der Waals surface area contributed by atoms with Crippen LogP contribution in [-0.4, -0.2) is 67.1 Å². The van der Waals surface area contributed by atoms with Gasteiger partial charge >= 0.3 is 5.97 Å². The molecule has 6 heteroatoms. The summed E-state index contributed by atoms with van der Waals surface area (Å²) in [5, 5.41) is 0.260. The molecule has 0 aromatic carbocycles. The SMILES string of the molecule is CCCCCCC1CCCCCC(CC)CCCCCCCCCCCCCCCN(C(=O)SCCN(C)C)CCCCCCCC(=O)OCC1. The topological polar surface area (TPSA) is 49.9 Å². The summed E-state index contributed by atoms with van der Waals surface area (Å²) in [6, 6.07) is 0. The van der Waals surface area contributed by atoms with Crippen LogP contribution in [0.25, 0.3) is 0 Å². The molecule has 1 heterocycles. The maximum Gasteiger partial charge on any atom is 0.305 e. The molecule has 2 unspecified atom stereocenters. The molecule has 0 bridgehead atoms. The van der Waals surface area contributed by atoms with Gasteiger partial charge in [-0.05, 0) is 51.6 Å². The van der Waals surface area contributed by atoms with Gasteiger partial charge < -0.3 is 14.5 Å². The smallest absolute Gasteiger partial charge is 0.305 e. The fourth-order valence-electron chi connectivity index (χ4n) is 7.78. The Hall–Kier alpha value is -0.750. The highest BCUT2D eigenvalue weighted by Gasteiger charge is 2.15. The van der Waals surface area contributed by atoms with Crippen LogP contribution in [0.4, 0.5) is 4.79 Å². The van der Waals surface area contributed by atoms with Crippen LogP contribution in [0.5, 0.6) is 0 Å². The third-order valence-electron chi connectivity index (χ3n) is 11.4. The zero-order chi connectivity index (χ0) is 37.0. The molecule has 0 saturated carbocycles. The maximum absolute atomic E-state index is 13.1. The molecule has 1 aliphatic heterocycles. The highest BCUT2D eigenvalue weighted by molar-refractivity contribution is 8.13. The van der Waals surface area contributed by atoms with E-state index in [4.69, 9.17) is 4.74 Å². The first kappa shape index (κ1) is 48.3. The van der Waals surface area contributed by atoms with Gasteiger partial charge in [0.1, 0.15) is 0 Å². The van der Waals surface area contributed by atoms with Gasteiger partial charge in [-0.15, -0.1) is 0 Å². The molecule has 0 aliphatic carbocycles. The summed E-state index contributed by atoms with van der Waals surface area (Å²) < 4.78 is 5.75. The third kappa shape index (κ3) is 31.3. The number of hydrogen-bond acceptors (Lipinski definition) is 5. The molecular weight excluding hydrogens is 649 g/mol. The molecule has 1 saturated heterocycles. The van der Waals surface area contributed by atoms with Gasteiger partial charge in [0.25, 0.3) is 5.24 Å². The van der Waals surface area contributed by atoms with E-state index < -0.39 is 0 Å². The van der Waals surface area contributed by atoms with Crippen molar-refractivity contribution in [3.63, 3.8) is 0 Å². The summed E-state index contributed by atoms with van der Waals surface area (Å²) >= 11 is 1.49. The van der Waals surface area contributed by atoms with E-state index in [0.717, 1.165) is 76.3 Å². The van der Waals surface area contributed by atoms with Crippen LogP contribution in [-0.2, 0) is 9.53 Å². The number of rotatable bonds is 9. The molecule has 1 rings (SSSR count). The van der Waals surface area contributed by atoms with Crippen LogP contribution in [0.3, 0.4) is 0 Å². The Morgan fingerprint density at radius 1 is 0.647 bits per heavy atom. The highest BCUT2D eigenvalue weighted by Crippen LogP contribution is 2.25. The van der Waals surface area contributed by atoms with Crippen molar-refractivity contribution in [1.29, 1.82) is 0 Å². The molecule has 1 aliphatic rings. The molecule has 0 radical (unpaired) electrons. The molecule has 1 fully saturated rings. The molecule has 5 nitrogen and oxygen atoms in total. The van der Waals surface area contributed by atoms with Crippen molar-refractivity contribution in [2.24, 2.45) is 11.8 Å². The number of unbranched alkanes of at least 4 members (excludes halogenated alkanes) is 3. The third-order valence-corrected chi connectivity index (χ3v) is 12.3. The summed E-state index contributed by atoms with van der Waals surface area (Å²) in [5.41, 5.74) is 0. The first-order chi connectivity index (χ1) is 25.0. The lowest BCUT2D eigenvalue weighted by molar-refractivity contribution is -0.144. The van der Waals surface area contributed by atoms with Gasteiger partial charge in [-0.25, -0.2) is 0 Å². The van der Waals surface area contributed by atoms with E-state index >= 15 is 0 Å². The number of esters is 1. The maximum atomic E-state index is 13.1. The first-order valence-corrected chi connectivity index (χ1v) is 23.7. The van der Waals surface area contributed by atoms with Crippen molar-refractivity contribution in [3.8, 4) is 0 Å². The standard InChI is InChI=1S/C45H88N2O3S/c1-5-7-8-24-33-43-34-27-23-26-32-42(6-2)31-25-19-16-14-12-10-9-11-13-15-17-21-29-37-47(45(49)51-41-39-46(3)4)38-30-22-18-20-28-35-44(48)50-40-36-43/h42-43H,5-41H2,1-4H3. The zero-order valence-electron chi connectivity index (χ0n) is 34.8. The lowest BCUT2D eigenvalue weighted by Gasteiger charge is -2.22. The second kappa shape index (κ2) is 36.2. The largest absolute Gasteiger partial charge is 0.466 e. The highest BCUT2D eigenvalue weighted by atomic mass is 32.2. The van der Waals surface area contributed by atoms with Crippen LogP contribution in [0.1, 0.15) is 219 Å². The lowest BCUT2D eigenvalue weighted by Crippen LogP contribution is -2.30. The fourth-order valence-corrected chi connectivity index (χ4v) is 8.78. The summed E-state index contributed by atoms with van der Waals surface area (Å²) in [5.74, 6) is 2.49. The summed E-state index contributed by atoms with van der Waals surface area (Å²) in [6.07, 6.45) is 40.8. The van der Waals surface area contributed by atoms with Crippen LogP contribution in [0, 0.1) is 11.8 Å². The molecule has 0 aromatic heterocycles. The minimum atomic E-state index is -0.00553. The van der Waals surface area contributed by atoms with E-state index in [2.05, 4.69) is 37.7 Å². The second-order valence-corrected chi connectivity index (χ2v) is 17.5. The molecular formula is C45H88N2O3S. The number of carbonyl (C=O) groups excluding carboxylic acids is 2. The van der Waals surface area contributed by atoms with Crippen molar-refractivity contribution in [1.82, 2.24) is 9.80 Å². The van der Waals surface area contributed by atoms with E-state index in [9.17, 15) is 9.59 Å². The molecule has 0 aromatic rings. The number of nitrogens with zero attached hydrogens (tertiary/aromatic N) is 2. The summed E-state index contributed by atoms with van der Waals surface area (Å²) in [7, 11) is 4.14. The van der Waals surface area contributed by atoms with E-state index in [-0.39, 0.29) is 11.2 Å². The first-order valence-electron chi connectivity index (χ1n) is 22.7. The Labute approximate surface area is 323 Å². The van der Waals surface area contributed by atoms with Gasteiger partial charge in [-0.3, -0.25) is 9.59 Å². The monoisotopic (exact) mass is 737 g/mol. The summed E-state index contributed by atoms with van der Waals surface area (Å²) in [4.78, 5) is 29.9. The Morgan fingerprint density at radius 3 is 1.67 bits per heavy atom. The lowest BCUT2D eigenvalue weighted by atomic mass is 9.90. The Kier molecular flexibility index (Phi) is 34.3. The summed E-state index contributed by atoms with van der Waals surface area (Å²) in [6.45, 7) is 8.00. The molecule has 51 heavy (non-hydrogen) atoms. The Morgan fingerprint density at radius 2 is 1.14 bits per heavy atom. The van der Waals surface area contributed by atoms with Crippen LogP contribution in [0.15, 0.2) is 0 Å². The number of hydrogen-bond donors (Lipinski definition) is 0. The molecule has 302 valence electrons.